The maximum absolute atomic E-state index is 7.57. The van der Waals surface area contributed by atoms with E-state index < -0.39 is 0 Å². The Morgan fingerprint density at radius 1 is 0.476 bits per heavy atom. The van der Waals surface area contributed by atoms with Gasteiger partial charge in [-0.25, -0.2) is 0 Å². The molecule has 0 fully saturated rings. The standard InChI is InChI=1S/6C2H6O.2ClH.Ni/c6*1-2-3;;;/h6*3H,2H2,1H3;2*1H;/q;;;;;;;;+2/p-2. The van der Waals surface area contributed by atoms with Gasteiger partial charge in [0.25, 0.3) is 0 Å². The Labute approximate surface area is 145 Å². The van der Waals surface area contributed by atoms with Crippen LogP contribution in [-0.4, -0.2) is 70.3 Å². The van der Waals surface area contributed by atoms with Crippen molar-refractivity contribution in [3.8, 4) is 0 Å². The average Bonchev–Trinajstić information content (AvgIpc) is 2.35. The third kappa shape index (κ3) is 10600. The van der Waals surface area contributed by atoms with Gasteiger partial charge in [0.15, 0.2) is 0 Å². The summed E-state index contributed by atoms with van der Waals surface area (Å²) in [5.74, 6) is 0. The van der Waals surface area contributed by atoms with Gasteiger partial charge in [-0.2, -0.15) is 0 Å². The van der Waals surface area contributed by atoms with Crippen molar-refractivity contribution in [2.75, 3.05) is 39.6 Å². The van der Waals surface area contributed by atoms with Crippen LogP contribution < -0.4 is 0 Å². The van der Waals surface area contributed by atoms with Gasteiger partial charge in [-0.05, 0) is 41.5 Å². The van der Waals surface area contributed by atoms with E-state index in [2.05, 4.69) is 0 Å². The Hall–Kier alpha value is 0.834. The molecular formula is C12H36Cl2NiO6. The predicted octanol–water partition coefficient (Wildman–Crippen LogP) is 1.37. The first-order valence-electron chi connectivity index (χ1n) is 6.38. The van der Waals surface area contributed by atoms with Gasteiger partial charge < -0.3 is 30.6 Å². The molecule has 0 atom stereocenters. The van der Waals surface area contributed by atoms with Gasteiger partial charge >= 0.3 is 33.0 Å². The van der Waals surface area contributed by atoms with Crippen LogP contribution in [0.5, 0.6) is 0 Å². The van der Waals surface area contributed by atoms with Crippen LogP contribution in [0.3, 0.4) is 0 Å². The zero-order chi connectivity index (χ0) is 18.9. The van der Waals surface area contributed by atoms with Crippen molar-refractivity contribution in [3.05, 3.63) is 0 Å². The maximum atomic E-state index is 7.57. The normalized spacial score (nSPS) is 6.19. The van der Waals surface area contributed by atoms with E-state index in [1.54, 1.807) is 41.5 Å². The predicted molar refractivity (Wildman–Crippen MR) is 88.3 cm³/mol. The average molecular weight is 406 g/mol. The van der Waals surface area contributed by atoms with E-state index in [-0.39, 0.29) is 39.6 Å². The summed E-state index contributed by atoms with van der Waals surface area (Å²) in [4.78, 5) is 0. The summed E-state index contributed by atoms with van der Waals surface area (Å²) < 4.78 is 0. The third-order valence-electron chi connectivity index (χ3n) is 0. The summed E-state index contributed by atoms with van der Waals surface area (Å²) in [7, 11) is 9.40. The molecule has 0 aromatic heterocycles. The number of aliphatic hydroxyl groups is 6. The molecule has 0 aliphatic rings. The van der Waals surface area contributed by atoms with Gasteiger partial charge in [0, 0.05) is 39.6 Å². The summed E-state index contributed by atoms with van der Waals surface area (Å²) >= 11 is 0.569. The molecule has 21 heavy (non-hydrogen) atoms. The van der Waals surface area contributed by atoms with Gasteiger partial charge in [-0.1, -0.05) is 0 Å². The molecule has 6 N–H and O–H groups in total. The Morgan fingerprint density at radius 2 is 0.476 bits per heavy atom. The van der Waals surface area contributed by atoms with Crippen molar-refractivity contribution >= 4 is 20.4 Å². The van der Waals surface area contributed by atoms with E-state index in [4.69, 9.17) is 51.0 Å². The third-order valence-corrected chi connectivity index (χ3v) is 0. The molecule has 0 saturated carbocycles. The number of halogens is 2. The summed E-state index contributed by atoms with van der Waals surface area (Å²) in [5, 5.41) is 45.4. The Morgan fingerprint density at radius 3 is 0.476 bits per heavy atom. The van der Waals surface area contributed by atoms with Crippen molar-refractivity contribution in [2.24, 2.45) is 0 Å². The minimum atomic E-state index is 0.250. The van der Waals surface area contributed by atoms with Gasteiger partial charge in [0.05, 0.1) is 0 Å². The molecule has 0 radical (unpaired) electrons. The van der Waals surface area contributed by atoms with Crippen molar-refractivity contribution < 1.29 is 43.3 Å². The first-order valence-corrected chi connectivity index (χ1v) is 9.10. The number of hydrogen-bond donors (Lipinski definition) is 6. The van der Waals surface area contributed by atoms with Crippen LogP contribution >= 0.6 is 20.4 Å². The van der Waals surface area contributed by atoms with E-state index in [0.717, 1.165) is 0 Å². The molecule has 144 valence electrons. The van der Waals surface area contributed by atoms with Gasteiger partial charge in [-0.15, -0.1) is 0 Å². The number of aliphatic hydroxyl groups excluding tert-OH is 6. The Kier molecular flexibility index (Phi) is 274. The van der Waals surface area contributed by atoms with Crippen LogP contribution in [0.1, 0.15) is 41.5 Å². The van der Waals surface area contributed by atoms with E-state index in [1.807, 2.05) is 0 Å². The van der Waals surface area contributed by atoms with Gasteiger partial charge in [-0.3, -0.25) is 0 Å². The van der Waals surface area contributed by atoms with Gasteiger partial charge in [0.1, 0.15) is 0 Å². The second kappa shape index (κ2) is 134. The summed E-state index contributed by atoms with van der Waals surface area (Å²) in [6.45, 7) is 11.6. The van der Waals surface area contributed by atoms with Crippen LogP contribution in [0.4, 0.5) is 0 Å². The van der Waals surface area contributed by atoms with E-state index in [9.17, 15) is 0 Å². The molecule has 6 nitrogen and oxygen atoms in total. The summed E-state index contributed by atoms with van der Waals surface area (Å²) in [5.41, 5.74) is 0. The topological polar surface area (TPSA) is 121 Å². The Bertz CT molecular complexity index is 51.4. The molecule has 0 heterocycles. The second-order valence-electron chi connectivity index (χ2n) is 1.94. The van der Waals surface area contributed by atoms with E-state index in [1.165, 1.54) is 0 Å². The van der Waals surface area contributed by atoms with Crippen LogP contribution in [0, 0.1) is 0 Å². The zero-order valence-electron chi connectivity index (χ0n) is 14.0. The van der Waals surface area contributed by atoms with Gasteiger partial charge in [0.2, 0.25) is 0 Å². The number of rotatable bonds is 0. The molecule has 0 saturated heterocycles. The van der Waals surface area contributed by atoms with Crippen LogP contribution in [-0.2, 0) is 12.7 Å². The minimum absolute atomic E-state index is 0.250. The van der Waals surface area contributed by atoms with Crippen LogP contribution in [0.2, 0.25) is 0 Å². The quantitative estimate of drug-likeness (QED) is 0.338. The first-order chi connectivity index (χ1) is 9.90. The van der Waals surface area contributed by atoms with Crippen molar-refractivity contribution in [3.63, 3.8) is 0 Å². The molecule has 9 heteroatoms. The molecule has 0 rings (SSSR count). The fourth-order valence-corrected chi connectivity index (χ4v) is 0. The fraction of sp³-hybridized carbons (Fsp3) is 1.00. The van der Waals surface area contributed by atoms with Crippen molar-refractivity contribution in [1.29, 1.82) is 0 Å². The molecule has 0 amide bonds. The molecule has 0 unspecified atom stereocenters. The SMILES string of the molecule is CCO.CCO.CCO.CCO.CCO.CCO.[Cl][Ni][Cl]. The molecule has 0 bridgehead atoms. The molecule has 0 spiro atoms. The molecule has 0 aliphatic heterocycles. The monoisotopic (exact) mass is 404 g/mol. The number of hydrogen-bond acceptors (Lipinski definition) is 6. The summed E-state index contributed by atoms with van der Waals surface area (Å²) in [6.07, 6.45) is 0. The molecular weight excluding hydrogens is 370 g/mol. The second-order valence-corrected chi connectivity index (χ2v) is 3.57. The van der Waals surface area contributed by atoms with Crippen molar-refractivity contribution in [2.45, 2.75) is 41.5 Å². The van der Waals surface area contributed by atoms with E-state index >= 15 is 0 Å². The fourth-order valence-electron chi connectivity index (χ4n) is 0. The van der Waals surface area contributed by atoms with Crippen LogP contribution in [0.15, 0.2) is 0 Å². The molecule has 0 aromatic carbocycles. The van der Waals surface area contributed by atoms with Crippen LogP contribution in [0.25, 0.3) is 0 Å². The Balaban J connectivity index is -0.0000000218. The van der Waals surface area contributed by atoms with Crippen molar-refractivity contribution in [1.82, 2.24) is 0 Å². The molecule has 0 aromatic rings. The first kappa shape index (κ1) is 43.1. The van der Waals surface area contributed by atoms with E-state index in [0.29, 0.717) is 12.7 Å². The zero-order valence-corrected chi connectivity index (χ0v) is 16.5. The molecule has 0 aliphatic carbocycles. The summed E-state index contributed by atoms with van der Waals surface area (Å²) in [6, 6.07) is 0.